The summed E-state index contributed by atoms with van der Waals surface area (Å²) in [7, 11) is 0. The standard InChI is InChI=1S/C53H38N6.2C2H6/c1-33-20-21-44-45(30-33)49(59(52-42-18-10-6-14-38(42)24-28-56-52)53-43-19-11-7-15-39(43)25-29-57-53)47-32-35(3)34(2)31-46(47)48(44)58(50-40-16-8-4-12-36(40)22-26-54-50)51-41-17-9-5-13-37(41)23-27-55-51;2*1-2/h4-32H,1-3H3;2*1-2H3. The van der Waals surface area contributed by atoms with Crippen LogP contribution in [0.2, 0.25) is 0 Å². The fourth-order valence-corrected chi connectivity index (χ4v) is 8.79. The van der Waals surface area contributed by atoms with Crippen molar-refractivity contribution < 1.29 is 0 Å². The van der Waals surface area contributed by atoms with E-state index in [2.05, 4.69) is 182 Å². The summed E-state index contributed by atoms with van der Waals surface area (Å²) in [6, 6.07) is 53.7. The second-order valence-electron chi connectivity index (χ2n) is 15.3. The number of aryl methyl sites for hydroxylation is 3. The molecule has 0 fully saturated rings. The van der Waals surface area contributed by atoms with Gasteiger partial charge in [-0.15, -0.1) is 0 Å². The Kier molecular flexibility index (Phi) is 11.2. The molecule has 11 rings (SSSR count). The van der Waals surface area contributed by atoms with Crippen molar-refractivity contribution in [2.75, 3.05) is 9.80 Å². The molecular formula is C57H50N6. The average Bonchev–Trinajstić information content (AvgIpc) is 3.34. The molecule has 6 nitrogen and oxygen atoms in total. The lowest BCUT2D eigenvalue weighted by Crippen LogP contribution is -2.18. The van der Waals surface area contributed by atoms with Crippen molar-refractivity contribution in [2.24, 2.45) is 0 Å². The van der Waals surface area contributed by atoms with Crippen LogP contribution in [0.25, 0.3) is 64.6 Å². The first-order chi connectivity index (χ1) is 31.0. The first kappa shape index (κ1) is 40.7. The van der Waals surface area contributed by atoms with Gasteiger partial charge in [0.2, 0.25) is 0 Å². The number of benzene rings is 7. The van der Waals surface area contributed by atoms with Gasteiger partial charge in [-0.05, 0) is 95.9 Å². The molecule has 0 spiro atoms. The van der Waals surface area contributed by atoms with E-state index >= 15 is 0 Å². The van der Waals surface area contributed by atoms with Crippen LogP contribution < -0.4 is 9.80 Å². The number of aromatic nitrogens is 4. The van der Waals surface area contributed by atoms with E-state index in [1.165, 1.54) is 11.1 Å². The minimum atomic E-state index is 0.810. The molecule has 0 saturated heterocycles. The minimum absolute atomic E-state index is 0.810. The molecule has 0 amide bonds. The van der Waals surface area contributed by atoms with Gasteiger partial charge in [0.15, 0.2) is 0 Å². The van der Waals surface area contributed by atoms with Crippen LogP contribution in [-0.4, -0.2) is 19.9 Å². The third kappa shape index (κ3) is 7.04. The first-order valence-electron chi connectivity index (χ1n) is 22.0. The van der Waals surface area contributed by atoms with E-state index in [1.54, 1.807) is 0 Å². The summed E-state index contributed by atoms with van der Waals surface area (Å²) in [5.41, 5.74) is 5.53. The van der Waals surface area contributed by atoms with E-state index in [0.717, 1.165) is 105 Å². The lowest BCUT2D eigenvalue weighted by atomic mass is 9.92. The van der Waals surface area contributed by atoms with Gasteiger partial charge in [0.1, 0.15) is 23.3 Å². The number of hydrogen-bond donors (Lipinski definition) is 0. The van der Waals surface area contributed by atoms with Gasteiger partial charge in [-0.1, -0.05) is 142 Å². The molecule has 6 heteroatoms. The zero-order chi connectivity index (χ0) is 43.6. The number of nitrogens with zero attached hydrogens (tertiary/aromatic N) is 6. The van der Waals surface area contributed by atoms with E-state index in [9.17, 15) is 0 Å². The Bertz CT molecular complexity index is 3290. The highest BCUT2D eigenvalue weighted by molar-refractivity contribution is 6.25. The lowest BCUT2D eigenvalue weighted by Gasteiger charge is -2.33. The smallest absolute Gasteiger partial charge is 0.146 e. The summed E-state index contributed by atoms with van der Waals surface area (Å²) in [5, 5.41) is 12.8. The summed E-state index contributed by atoms with van der Waals surface area (Å²) < 4.78 is 0. The molecular weight excluding hydrogens is 769 g/mol. The Morgan fingerprint density at radius 1 is 0.302 bits per heavy atom. The van der Waals surface area contributed by atoms with Gasteiger partial charge in [0, 0.05) is 67.9 Å². The Balaban J connectivity index is 0.00000123. The van der Waals surface area contributed by atoms with Crippen LogP contribution in [0.5, 0.6) is 0 Å². The van der Waals surface area contributed by atoms with Gasteiger partial charge in [-0.25, -0.2) is 19.9 Å². The molecule has 63 heavy (non-hydrogen) atoms. The highest BCUT2D eigenvalue weighted by Gasteiger charge is 2.30. The lowest BCUT2D eigenvalue weighted by molar-refractivity contribution is 1.16. The molecule has 0 aliphatic heterocycles. The summed E-state index contributed by atoms with van der Waals surface area (Å²) in [6.07, 6.45) is 7.65. The predicted octanol–water partition coefficient (Wildman–Crippen LogP) is 16.1. The van der Waals surface area contributed by atoms with Crippen LogP contribution in [0.4, 0.5) is 34.6 Å². The molecule has 0 radical (unpaired) electrons. The number of hydrogen-bond acceptors (Lipinski definition) is 6. The minimum Gasteiger partial charge on any atom is -0.277 e. The molecule has 0 N–H and O–H groups in total. The first-order valence-corrected chi connectivity index (χ1v) is 22.0. The Morgan fingerprint density at radius 3 is 0.952 bits per heavy atom. The maximum atomic E-state index is 5.22. The Labute approximate surface area is 369 Å². The second kappa shape index (κ2) is 17.3. The molecule has 0 aliphatic rings. The third-order valence-electron chi connectivity index (χ3n) is 11.7. The number of anilines is 6. The maximum absolute atomic E-state index is 5.22. The topological polar surface area (TPSA) is 58.0 Å². The SMILES string of the molecule is CC.CC.Cc1ccc2c(N(c3nccc4ccccc34)c3nccc4ccccc34)c3cc(C)c(C)cc3c(N(c3nccc4ccccc34)c3nccc4ccccc34)c2c1. The van der Waals surface area contributed by atoms with Crippen molar-refractivity contribution in [3.05, 3.63) is 193 Å². The van der Waals surface area contributed by atoms with Gasteiger partial charge >= 0.3 is 0 Å². The molecule has 0 atom stereocenters. The number of rotatable bonds is 6. The van der Waals surface area contributed by atoms with Crippen LogP contribution >= 0.6 is 0 Å². The molecule has 0 aliphatic carbocycles. The van der Waals surface area contributed by atoms with Crippen molar-refractivity contribution in [1.82, 2.24) is 19.9 Å². The van der Waals surface area contributed by atoms with Crippen molar-refractivity contribution in [2.45, 2.75) is 48.5 Å². The molecule has 7 aromatic carbocycles. The molecule has 11 aromatic rings. The second-order valence-corrected chi connectivity index (χ2v) is 15.3. The van der Waals surface area contributed by atoms with Gasteiger partial charge in [0.25, 0.3) is 0 Å². The van der Waals surface area contributed by atoms with Crippen molar-refractivity contribution >= 4 is 99.3 Å². The van der Waals surface area contributed by atoms with Crippen LogP contribution in [0.1, 0.15) is 44.4 Å². The van der Waals surface area contributed by atoms with E-state index in [4.69, 9.17) is 19.9 Å². The number of fused-ring (bicyclic) bond motifs is 6. The van der Waals surface area contributed by atoms with Crippen molar-refractivity contribution in [1.29, 1.82) is 0 Å². The van der Waals surface area contributed by atoms with Gasteiger partial charge in [0.05, 0.1) is 11.4 Å². The highest BCUT2D eigenvalue weighted by atomic mass is 15.3. The molecule has 0 saturated carbocycles. The van der Waals surface area contributed by atoms with Crippen LogP contribution in [0.15, 0.2) is 176 Å². The van der Waals surface area contributed by atoms with Crippen LogP contribution in [0, 0.1) is 20.8 Å². The quantitative estimate of drug-likeness (QED) is 0.123. The fourth-order valence-electron chi connectivity index (χ4n) is 8.79. The molecule has 0 unspecified atom stereocenters. The normalized spacial score (nSPS) is 11.1. The zero-order valence-corrected chi connectivity index (χ0v) is 36.9. The van der Waals surface area contributed by atoms with E-state index in [0.29, 0.717) is 0 Å². The maximum Gasteiger partial charge on any atom is 0.146 e. The summed E-state index contributed by atoms with van der Waals surface area (Å²) in [4.78, 5) is 25.5. The highest BCUT2D eigenvalue weighted by Crippen LogP contribution is 2.53. The third-order valence-corrected chi connectivity index (χ3v) is 11.7. The van der Waals surface area contributed by atoms with E-state index < -0.39 is 0 Å². The average molecular weight is 819 g/mol. The molecule has 308 valence electrons. The van der Waals surface area contributed by atoms with Crippen molar-refractivity contribution in [3.63, 3.8) is 0 Å². The van der Waals surface area contributed by atoms with Gasteiger partial charge < -0.3 is 0 Å². The zero-order valence-electron chi connectivity index (χ0n) is 36.9. The number of pyridine rings is 4. The predicted molar refractivity (Wildman–Crippen MR) is 269 cm³/mol. The summed E-state index contributed by atoms with van der Waals surface area (Å²) in [6.45, 7) is 14.6. The van der Waals surface area contributed by atoms with Gasteiger partial charge in [-0.2, -0.15) is 0 Å². The van der Waals surface area contributed by atoms with E-state index in [-0.39, 0.29) is 0 Å². The van der Waals surface area contributed by atoms with Crippen LogP contribution in [-0.2, 0) is 0 Å². The Morgan fingerprint density at radius 2 is 0.603 bits per heavy atom. The van der Waals surface area contributed by atoms with Crippen molar-refractivity contribution in [3.8, 4) is 0 Å². The monoisotopic (exact) mass is 818 g/mol. The summed E-state index contributed by atoms with van der Waals surface area (Å²) in [5.74, 6) is 3.24. The molecule has 4 aromatic heterocycles. The van der Waals surface area contributed by atoms with Crippen LogP contribution in [0.3, 0.4) is 0 Å². The fraction of sp³-hybridized carbons (Fsp3) is 0.123. The van der Waals surface area contributed by atoms with Gasteiger partial charge in [-0.3, -0.25) is 9.80 Å². The summed E-state index contributed by atoms with van der Waals surface area (Å²) >= 11 is 0. The Hall–Kier alpha value is -7.70. The largest absolute Gasteiger partial charge is 0.277 e. The molecule has 4 heterocycles. The molecule has 0 bridgehead atoms. The van der Waals surface area contributed by atoms with E-state index in [1.807, 2.05) is 52.5 Å².